The van der Waals surface area contributed by atoms with Crippen LogP contribution in [0.5, 0.6) is 0 Å². The van der Waals surface area contributed by atoms with Crippen LogP contribution in [0.15, 0.2) is 29.2 Å². The van der Waals surface area contributed by atoms with Crippen LogP contribution in [-0.2, 0) is 4.79 Å². The van der Waals surface area contributed by atoms with Crippen molar-refractivity contribution in [3.8, 4) is 0 Å². The molecule has 6 atom stereocenters. The average Bonchev–Trinajstić information content (AvgIpc) is 2.88. The summed E-state index contributed by atoms with van der Waals surface area (Å²) in [6.07, 6.45) is 10.5. The normalized spacial score (nSPS) is 33.4. The minimum absolute atomic E-state index is 0.0991. The van der Waals surface area contributed by atoms with Crippen molar-refractivity contribution in [1.29, 1.82) is 0 Å². The minimum Gasteiger partial charge on any atom is -0.393 e. The van der Waals surface area contributed by atoms with E-state index in [1.54, 1.807) is 5.20 Å². The lowest BCUT2D eigenvalue weighted by molar-refractivity contribution is -0.109. The first-order valence-electron chi connectivity index (χ1n) is 10.6. The molecule has 0 spiro atoms. The van der Waals surface area contributed by atoms with Gasteiger partial charge in [-0.05, 0) is 47.3 Å². The Kier molecular flexibility index (Phi) is 6.51. The molecule has 1 fully saturated rings. The molecular formula is C24H40O2Si. The number of rotatable bonds is 5. The van der Waals surface area contributed by atoms with Crippen molar-refractivity contribution in [2.75, 3.05) is 0 Å². The van der Waals surface area contributed by atoms with Crippen LogP contribution in [-0.4, -0.2) is 25.6 Å². The molecule has 0 saturated heterocycles. The van der Waals surface area contributed by atoms with Crippen LogP contribution in [0.2, 0.25) is 18.1 Å². The number of aliphatic hydroxyl groups is 1. The van der Waals surface area contributed by atoms with Gasteiger partial charge in [0.1, 0.15) is 6.29 Å². The molecule has 6 unspecified atom stereocenters. The third-order valence-corrected chi connectivity index (χ3v) is 13.4. The van der Waals surface area contributed by atoms with Gasteiger partial charge in [-0.1, -0.05) is 72.3 Å². The Morgan fingerprint density at radius 3 is 2.48 bits per heavy atom. The zero-order valence-corrected chi connectivity index (χ0v) is 19.7. The molecule has 2 aliphatic rings. The fourth-order valence-corrected chi connectivity index (χ4v) is 7.92. The molecule has 0 aliphatic heterocycles. The first-order chi connectivity index (χ1) is 12.3. The van der Waals surface area contributed by atoms with E-state index in [0.717, 1.165) is 19.1 Å². The predicted octanol–water partition coefficient (Wildman–Crippen LogP) is 5.94. The molecule has 152 valence electrons. The largest absolute Gasteiger partial charge is 0.393 e. The molecule has 2 aliphatic carbocycles. The fraction of sp³-hybridized carbons (Fsp3) is 0.750. The number of carbonyl (C=O) groups is 1. The maximum absolute atomic E-state index is 11.0. The third-order valence-electron chi connectivity index (χ3n) is 7.72. The SMILES string of the molecule is CC(C=O)C=C=CC(C)C1C([Si](C)(C)C(C)(C)C)=CC2(C)CCCC(O)C12. The Bertz CT molecular complexity index is 648. The topological polar surface area (TPSA) is 37.3 Å². The number of aldehydes is 1. The number of hydrogen-bond donors (Lipinski definition) is 1. The second-order valence-electron chi connectivity index (χ2n) is 10.8. The van der Waals surface area contributed by atoms with Gasteiger partial charge in [0.15, 0.2) is 0 Å². The van der Waals surface area contributed by atoms with Gasteiger partial charge >= 0.3 is 0 Å². The molecule has 3 heteroatoms. The van der Waals surface area contributed by atoms with Gasteiger partial charge in [0.2, 0.25) is 0 Å². The Morgan fingerprint density at radius 2 is 1.93 bits per heavy atom. The summed E-state index contributed by atoms with van der Waals surface area (Å²) in [6.45, 7) is 18.7. The van der Waals surface area contributed by atoms with Crippen molar-refractivity contribution in [3.05, 3.63) is 29.2 Å². The van der Waals surface area contributed by atoms with Crippen molar-refractivity contribution in [2.24, 2.45) is 29.1 Å². The summed E-state index contributed by atoms with van der Waals surface area (Å²) in [5.41, 5.74) is 3.38. The van der Waals surface area contributed by atoms with Crippen molar-refractivity contribution in [1.82, 2.24) is 0 Å². The molecule has 0 aromatic carbocycles. The lowest BCUT2D eigenvalue weighted by Gasteiger charge is -2.46. The Balaban J connectivity index is 2.50. The molecule has 0 aromatic heterocycles. The summed E-state index contributed by atoms with van der Waals surface area (Å²) < 4.78 is 0. The van der Waals surface area contributed by atoms with Crippen LogP contribution in [0, 0.1) is 29.1 Å². The maximum atomic E-state index is 11.0. The molecule has 0 bridgehead atoms. The summed E-state index contributed by atoms with van der Waals surface area (Å²) in [5, 5.41) is 12.9. The molecule has 2 nitrogen and oxygen atoms in total. The summed E-state index contributed by atoms with van der Waals surface area (Å²) in [4.78, 5) is 10.9. The van der Waals surface area contributed by atoms with E-state index in [0.29, 0.717) is 17.8 Å². The standard InChI is InChI=1S/C24H40O2Si/c1-17(16-25)11-9-12-18(2)21-20(27(7,8)23(3,4)5)15-24(6)14-10-13-19(26)22(21)24/h11-12,15-19,21-22,26H,10,13-14H2,1-8H3. The van der Waals surface area contributed by atoms with E-state index in [-0.39, 0.29) is 22.5 Å². The van der Waals surface area contributed by atoms with Gasteiger partial charge in [0, 0.05) is 11.8 Å². The summed E-state index contributed by atoms with van der Waals surface area (Å²) in [6, 6.07) is 0. The highest BCUT2D eigenvalue weighted by Crippen LogP contribution is 2.60. The van der Waals surface area contributed by atoms with E-state index >= 15 is 0 Å². The molecule has 1 saturated carbocycles. The highest BCUT2D eigenvalue weighted by molar-refractivity contribution is 6.87. The minimum atomic E-state index is -1.69. The van der Waals surface area contributed by atoms with E-state index in [2.05, 4.69) is 65.6 Å². The second kappa shape index (κ2) is 7.85. The monoisotopic (exact) mass is 388 g/mol. The number of allylic oxidation sites excluding steroid dienone is 3. The Labute approximate surface area is 167 Å². The van der Waals surface area contributed by atoms with Crippen LogP contribution in [0.1, 0.15) is 60.8 Å². The van der Waals surface area contributed by atoms with Gasteiger partial charge < -0.3 is 9.90 Å². The van der Waals surface area contributed by atoms with Gasteiger partial charge in [-0.15, -0.1) is 5.73 Å². The Morgan fingerprint density at radius 1 is 1.30 bits per heavy atom. The van der Waals surface area contributed by atoms with Crippen molar-refractivity contribution < 1.29 is 9.90 Å². The van der Waals surface area contributed by atoms with Crippen molar-refractivity contribution >= 4 is 14.4 Å². The van der Waals surface area contributed by atoms with Crippen LogP contribution in [0.25, 0.3) is 0 Å². The first-order valence-corrected chi connectivity index (χ1v) is 13.6. The molecule has 0 amide bonds. The number of hydrogen-bond acceptors (Lipinski definition) is 2. The van der Waals surface area contributed by atoms with Crippen molar-refractivity contribution in [3.63, 3.8) is 0 Å². The average molecular weight is 389 g/mol. The molecule has 27 heavy (non-hydrogen) atoms. The maximum Gasteiger partial charge on any atom is 0.127 e. The second-order valence-corrected chi connectivity index (χ2v) is 16.2. The van der Waals surface area contributed by atoms with E-state index in [1.165, 1.54) is 6.42 Å². The molecule has 0 heterocycles. The molecule has 0 radical (unpaired) electrons. The summed E-state index contributed by atoms with van der Waals surface area (Å²) >= 11 is 0. The number of carbonyl (C=O) groups excluding carboxylic acids is 1. The first kappa shape index (κ1) is 22.4. The smallest absolute Gasteiger partial charge is 0.127 e. The van der Waals surface area contributed by atoms with Gasteiger partial charge in [-0.25, -0.2) is 0 Å². The zero-order valence-electron chi connectivity index (χ0n) is 18.7. The lowest BCUT2D eigenvalue weighted by atomic mass is 9.63. The fourth-order valence-electron chi connectivity index (χ4n) is 5.08. The van der Waals surface area contributed by atoms with E-state index in [1.807, 2.05) is 13.0 Å². The van der Waals surface area contributed by atoms with E-state index in [4.69, 9.17) is 0 Å². The lowest BCUT2D eigenvalue weighted by Crippen LogP contribution is -2.46. The quantitative estimate of drug-likeness (QED) is 0.359. The summed E-state index contributed by atoms with van der Waals surface area (Å²) in [5.74, 6) is 0.878. The molecular weight excluding hydrogens is 348 g/mol. The molecule has 2 rings (SSSR count). The van der Waals surface area contributed by atoms with E-state index < -0.39 is 8.07 Å². The molecule has 1 N–H and O–H groups in total. The number of fused-ring (bicyclic) bond motifs is 1. The zero-order chi connectivity index (χ0) is 20.6. The summed E-state index contributed by atoms with van der Waals surface area (Å²) in [7, 11) is -1.69. The van der Waals surface area contributed by atoms with Crippen LogP contribution < -0.4 is 0 Å². The van der Waals surface area contributed by atoms with Crippen molar-refractivity contribution in [2.45, 2.75) is 85.0 Å². The van der Waals surface area contributed by atoms with Gasteiger partial charge in [0.05, 0.1) is 14.2 Å². The highest BCUT2D eigenvalue weighted by atomic mass is 28.3. The van der Waals surface area contributed by atoms with Gasteiger partial charge in [0.25, 0.3) is 0 Å². The van der Waals surface area contributed by atoms with Crippen LogP contribution in [0.3, 0.4) is 0 Å². The van der Waals surface area contributed by atoms with Crippen LogP contribution >= 0.6 is 0 Å². The molecule has 0 aromatic rings. The number of aliphatic hydroxyl groups excluding tert-OH is 1. The van der Waals surface area contributed by atoms with Gasteiger partial charge in [-0.2, -0.15) is 0 Å². The Hall–Kier alpha value is -0.893. The van der Waals surface area contributed by atoms with E-state index in [9.17, 15) is 9.90 Å². The van der Waals surface area contributed by atoms with Gasteiger partial charge in [-0.3, -0.25) is 0 Å². The highest BCUT2D eigenvalue weighted by Gasteiger charge is 2.56. The van der Waals surface area contributed by atoms with Crippen LogP contribution in [0.4, 0.5) is 0 Å². The predicted molar refractivity (Wildman–Crippen MR) is 117 cm³/mol. The third kappa shape index (κ3) is 4.26.